The fourth-order valence-electron chi connectivity index (χ4n) is 6.61. The van der Waals surface area contributed by atoms with Crippen LogP contribution in [0.4, 0.5) is 0 Å². The van der Waals surface area contributed by atoms with E-state index in [9.17, 15) is 4.79 Å². The Morgan fingerprint density at radius 3 is 2.81 bits per heavy atom. The Kier molecular flexibility index (Phi) is 5.85. The second-order valence-corrected chi connectivity index (χ2v) is 10.6. The number of carbonyl (C=O) groups is 1. The van der Waals surface area contributed by atoms with Gasteiger partial charge in [0.25, 0.3) is 0 Å². The van der Waals surface area contributed by atoms with Crippen molar-refractivity contribution < 1.29 is 28.8 Å². The Balaban J connectivity index is 1.24. The third kappa shape index (κ3) is 3.69. The topological polar surface area (TPSA) is 63.2 Å². The minimum atomic E-state index is -0.744. The van der Waals surface area contributed by atoms with Gasteiger partial charge in [0.2, 0.25) is 5.79 Å². The van der Waals surface area contributed by atoms with Crippen molar-refractivity contribution in [2.45, 2.75) is 90.0 Å². The molecule has 1 aliphatic carbocycles. The fraction of sp³-hybridized carbons (Fsp3) is 0.731. The molecule has 4 heterocycles. The van der Waals surface area contributed by atoms with Gasteiger partial charge in [-0.2, -0.15) is 0 Å². The molecule has 8 atom stereocenters. The third-order valence-corrected chi connectivity index (χ3v) is 8.41. The summed E-state index contributed by atoms with van der Waals surface area (Å²) in [5.41, 5.74) is 1.14. The van der Waals surface area contributed by atoms with E-state index in [1.165, 1.54) is 6.42 Å². The second kappa shape index (κ2) is 8.39. The highest BCUT2D eigenvalue weighted by Crippen LogP contribution is 2.60. The van der Waals surface area contributed by atoms with Gasteiger partial charge < -0.3 is 14.2 Å². The van der Waals surface area contributed by atoms with Crippen molar-refractivity contribution in [1.82, 2.24) is 0 Å². The molecule has 0 aromatic heterocycles. The van der Waals surface area contributed by atoms with Crippen molar-refractivity contribution in [2.75, 3.05) is 6.61 Å². The molecular weight excluding hydrogens is 408 g/mol. The van der Waals surface area contributed by atoms with Crippen LogP contribution in [-0.4, -0.2) is 36.4 Å². The highest BCUT2D eigenvalue weighted by Gasteiger charge is 2.69. The van der Waals surface area contributed by atoms with Gasteiger partial charge in [-0.3, -0.25) is 0 Å². The van der Waals surface area contributed by atoms with Crippen molar-refractivity contribution in [2.24, 2.45) is 23.7 Å². The van der Waals surface area contributed by atoms with Gasteiger partial charge in [-0.1, -0.05) is 31.5 Å². The molecule has 1 unspecified atom stereocenters. The Bertz CT molecular complexity index is 856. The Hall–Kier alpha value is -1.47. The lowest BCUT2D eigenvalue weighted by Crippen LogP contribution is -2.70. The van der Waals surface area contributed by atoms with Gasteiger partial charge in [0.05, 0.1) is 18.3 Å². The van der Waals surface area contributed by atoms with Gasteiger partial charge in [-0.05, 0) is 75.8 Å². The molecule has 4 aliphatic heterocycles. The predicted octanol–water partition coefficient (Wildman–Crippen LogP) is 5.18. The lowest BCUT2D eigenvalue weighted by atomic mass is 9.57. The molecule has 1 spiro atoms. The first-order valence-electron chi connectivity index (χ1n) is 12.3. The second-order valence-electron chi connectivity index (χ2n) is 10.6. The van der Waals surface area contributed by atoms with Crippen molar-refractivity contribution >= 4 is 5.97 Å². The third-order valence-electron chi connectivity index (χ3n) is 8.41. The van der Waals surface area contributed by atoms with E-state index >= 15 is 0 Å². The minimum absolute atomic E-state index is 0.0499. The Morgan fingerprint density at radius 1 is 1.16 bits per heavy atom. The molecule has 5 fully saturated rings. The molecule has 1 aromatic carbocycles. The average molecular weight is 445 g/mol. The summed E-state index contributed by atoms with van der Waals surface area (Å²) in [5.74, 6) is 0.598. The maximum Gasteiger partial charge on any atom is 0.338 e. The molecule has 0 N–H and O–H groups in total. The molecule has 2 bridgehead atoms. The van der Waals surface area contributed by atoms with Crippen molar-refractivity contribution in [3.05, 3.63) is 35.4 Å². The summed E-state index contributed by atoms with van der Waals surface area (Å²) in [5, 5.41) is 0. The van der Waals surface area contributed by atoms with E-state index in [1.54, 1.807) is 6.07 Å². The highest BCUT2D eigenvalue weighted by atomic mass is 17.3. The van der Waals surface area contributed by atoms with E-state index in [0.29, 0.717) is 35.8 Å². The first-order chi connectivity index (χ1) is 15.3. The van der Waals surface area contributed by atoms with Gasteiger partial charge >= 0.3 is 5.97 Å². The van der Waals surface area contributed by atoms with E-state index in [1.807, 2.05) is 32.0 Å². The predicted molar refractivity (Wildman–Crippen MR) is 118 cm³/mol. The lowest BCUT2D eigenvalue weighted by molar-refractivity contribution is -0.571. The van der Waals surface area contributed by atoms with Crippen LogP contribution >= 0.6 is 0 Å². The van der Waals surface area contributed by atoms with E-state index in [4.69, 9.17) is 24.0 Å². The van der Waals surface area contributed by atoms with E-state index in [-0.39, 0.29) is 12.1 Å². The quantitative estimate of drug-likeness (QED) is 0.354. The van der Waals surface area contributed by atoms with Crippen LogP contribution in [0.25, 0.3) is 0 Å². The largest absolute Gasteiger partial charge is 0.462 e. The fourth-order valence-corrected chi connectivity index (χ4v) is 6.61. The first kappa shape index (κ1) is 22.3. The summed E-state index contributed by atoms with van der Waals surface area (Å²) in [6.45, 7) is 8.92. The highest BCUT2D eigenvalue weighted by molar-refractivity contribution is 5.89. The maximum absolute atomic E-state index is 12.3. The summed E-state index contributed by atoms with van der Waals surface area (Å²) in [4.78, 5) is 24.4. The number of ether oxygens (including phenoxy) is 3. The van der Waals surface area contributed by atoms with Crippen LogP contribution in [0.5, 0.6) is 0 Å². The van der Waals surface area contributed by atoms with Crippen LogP contribution in [0.3, 0.4) is 0 Å². The summed E-state index contributed by atoms with van der Waals surface area (Å²) < 4.78 is 18.5. The zero-order valence-electron chi connectivity index (χ0n) is 19.7. The van der Waals surface area contributed by atoms with Crippen LogP contribution < -0.4 is 0 Å². The number of esters is 1. The summed E-state index contributed by atoms with van der Waals surface area (Å²) in [6, 6.07) is 7.50. The number of fused-ring (bicyclic) bond motifs is 2. The summed E-state index contributed by atoms with van der Waals surface area (Å²) >= 11 is 0. The van der Waals surface area contributed by atoms with Crippen LogP contribution in [0.2, 0.25) is 0 Å². The molecule has 0 radical (unpaired) electrons. The molecule has 1 saturated carbocycles. The molecular formula is C26H36O6. The molecule has 0 amide bonds. The molecule has 6 nitrogen and oxygen atoms in total. The molecule has 4 saturated heterocycles. The number of carbonyl (C=O) groups excluding carboxylic acids is 1. The zero-order chi connectivity index (χ0) is 22.5. The number of rotatable bonds is 5. The van der Waals surface area contributed by atoms with E-state index < -0.39 is 17.7 Å². The number of aryl methyl sites for hydroxylation is 1. The van der Waals surface area contributed by atoms with E-state index in [0.717, 1.165) is 37.7 Å². The van der Waals surface area contributed by atoms with Crippen LogP contribution in [0.15, 0.2) is 24.3 Å². The molecule has 176 valence electrons. The molecule has 32 heavy (non-hydrogen) atoms. The standard InChI is InChI=1S/C26H36O6/c1-16-7-5-8-19(15-16)23(27)28-14-6-9-22-18(3)21-11-10-17(2)20-12-13-25(4)30-24(29-22)26(20,21)32-31-25/h5,7-8,15,17-18,20-22,24H,6,9-14H2,1-4H3/t17-,18-,20+,21+,22-,24?,25-,26-/m1/s1. The smallest absolute Gasteiger partial charge is 0.338 e. The SMILES string of the molecule is Cc1cccc(C(=O)OCCC[C@H]2OC3O[C@@]4(C)CC[C@H]5[C@H](C)CC[C@@H]([C@H]2C)[C@@]35OO4)c1. The molecule has 1 aromatic rings. The molecule has 6 heteroatoms. The van der Waals surface area contributed by atoms with Gasteiger partial charge in [0.15, 0.2) is 11.9 Å². The molecule has 5 aliphatic rings. The van der Waals surface area contributed by atoms with Gasteiger partial charge in [0, 0.05) is 12.3 Å². The zero-order valence-corrected chi connectivity index (χ0v) is 19.7. The van der Waals surface area contributed by atoms with Gasteiger partial charge in [-0.15, -0.1) is 0 Å². The molecule has 6 rings (SSSR count). The van der Waals surface area contributed by atoms with Crippen LogP contribution in [0.1, 0.15) is 75.2 Å². The Labute approximate surface area is 190 Å². The summed E-state index contributed by atoms with van der Waals surface area (Å²) in [7, 11) is 0. The van der Waals surface area contributed by atoms with E-state index in [2.05, 4.69) is 13.8 Å². The van der Waals surface area contributed by atoms with Gasteiger partial charge in [-0.25, -0.2) is 14.6 Å². The maximum atomic E-state index is 12.3. The van der Waals surface area contributed by atoms with Gasteiger partial charge in [0.1, 0.15) is 0 Å². The van der Waals surface area contributed by atoms with Crippen LogP contribution in [-0.2, 0) is 24.0 Å². The monoisotopic (exact) mass is 444 g/mol. The van der Waals surface area contributed by atoms with Crippen molar-refractivity contribution in [1.29, 1.82) is 0 Å². The van der Waals surface area contributed by atoms with Crippen molar-refractivity contribution in [3.63, 3.8) is 0 Å². The lowest BCUT2D eigenvalue weighted by Gasteiger charge is -2.60. The number of hydrogen-bond acceptors (Lipinski definition) is 6. The first-order valence-corrected chi connectivity index (χ1v) is 12.3. The minimum Gasteiger partial charge on any atom is -0.462 e. The average Bonchev–Trinajstić information content (AvgIpc) is 3.00. The number of benzene rings is 1. The Morgan fingerprint density at radius 2 is 2.00 bits per heavy atom. The summed E-state index contributed by atoms with van der Waals surface area (Å²) in [6.07, 6.45) is 5.40. The number of hydrogen-bond donors (Lipinski definition) is 0. The van der Waals surface area contributed by atoms with Crippen molar-refractivity contribution in [3.8, 4) is 0 Å². The normalized spacial score (nSPS) is 42.8. The van der Waals surface area contributed by atoms with Crippen LogP contribution in [0, 0.1) is 30.6 Å².